The second kappa shape index (κ2) is 8.99. The first-order valence-electron chi connectivity index (χ1n) is 9.82. The maximum atomic E-state index is 11.8. The molecule has 0 saturated heterocycles. The van der Waals surface area contributed by atoms with Crippen LogP contribution in [-0.2, 0) is 16.0 Å². The number of aromatic nitrogens is 1. The third kappa shape index (κ3) is 5.65. The second-order valence-electron chi connectivity index (χ2n) is 7.81. The molecule has 3 rings (SSSR count). The summed E-state index contributed by atoms with van der Waals surface area (Å²) in [6, 6.07) is 3.84. The van der Waals surface area contributed by atoms with Crippen LogP contribution in [0.5, 0.6) is 0 Å². The Morgan fingerprint density at radius 2 is 2.11 bits per heavy atom. The summed E-state index contributed by atoms with van der Waals surface area (Å²) in [7, 11) is 0. The molecule has 7 nitrogen and oxygen atoms in total. The molecule has 2 atom stereocenters. The molecule has 0 radical (unpaired) electrons. The Morgan fingerprint density at radius 1 is 1.29 bits per heavy atom. The monoisotopic (exact) mass is 384 g/mol. The molecule has 1 fully saturated rings. The number of carbonyl (C=O) groups excluding carboxylic acids is 2. The number of Topliss-reactive ketones (excluding diaryl/α,β-unsaturated/α-hetero) is 1. The van der Waals surface area contributed by atoms with Crippen LogP contribution in [0.4, 0.5) is 10.6 Å². The number of carbonyl (C=O) groups is 2. The quantitative estimate of drug-likeness (QED) is 0.785. The van der Waals surface area contributed by atoms with Gasteiger partial charge in [-0.3, -0.25) is 9.79 Å². The molecule has 2 heterocycles. The summed E-state index contributed by atoms with van der Waals surface area (Å²) in [5.41, 5.74) is 2.17. The molecule has 1 aliphatic carbocycles. The van der Waals surface area contributed by atoms with Gasteiger partial charge in [0.05, 0.1) is 6.54 Å². The molecule has 150 valence electrons. The van der Waals surface area contributed by atoms with Crippen LogP contribution in [0.1, 0.15) is 45.6 Å². The molecule has 0 spiro atoms. The molecule has 0 unspecified atom stereocenters. The number of rotatable bonds is 6. The van der Waals surface area contributed by atoms with Crippen LogP contribution in [0.3, 0.4) is 0 Å². The van der Waals surface area contributed by atoms with E-state index in [1.807, 2.05) is 26.0 Å². The van der Waals surface area contributed by atoms with E-state index in [9.17, 15) is 9.59 Å². The third-order valence-electron chi connectivity index (χ3n) is 4.88. The zero-order valence-electron chi connectivity index (χ0n) is 16.7. The number of anilines is 1. The van der Waals surface area contributed by atoms with E-state index in [2.05, 4.69) is 26.7 Å². The first-order valence-corrected chi connectivity index (χ1v) is 9.82. The Bertz CT molecular complexity index is 783. The van der Waals surface area contributed by atoms with Crippen LogP contribution in [-0.4, -0.2) is 41.4 Å². The Morgan fingerprint density at radius 3 is 2.79 bits per heavy atom. The average Bonchev–Trinajstić information content (AvgIpc) is 3.25. The topological polar surface area (TPSA) is 92.7 Å². The Hall–Kier alpha value is -2.70. The number of ether oxygens (including phenoxy) is 1. The van der Waals surface area contributed by atoms with Crippen LogP contribution in [0, 0.1) is 5.92 Å². The van der Waals surface area contributed by atoms with Crippen molar-refractivity contribution in [3.8, 4) is 0 Å². The van der Waals surface area contributed by atoms with Crippen molar-refractivity contribution < 1.29 is 14.3 Å². The number of amidine groups is 1. The van der Waals surface area contributed by atoms with Crippen molar-refractivity contribution in [3.63, 3.8) is 0 Å². The number of amides is 1. The predicted molar refractivity (Wildman–Crippen MR) is 109 cm³/mol. The molecule has 7 heteroatoms. The Kier molecular flexibility index (Phi) is 6.44. The molecular formula is C21H28N4O3. The van der Waals surface area contributed by atoms with Gasteiger partial charge in [0.15, 0.2) is 0 Å². The molecule has 1 saturated carbocycles. The van der Waals surface area contributed by atoms with E-state index in [1.165, 1.54) is 5.57 Å². The summed E-state index contributed by atoms with van der Waals surface area (Å²) in [6.07, 6.45) is 6.56. The minimum absolute atomic E-state index is 0.0304. The first kappa shape index (κ1) is 20.0. The van der Waals surface area contributed by atoms with Crippen molar-refractivity contribution in [3.05, 3.63) is 35.5 Å². The summed E-state index contributed by atoms with van der Waals surface area (Å²) in [5, 5.41) is 5.99. The maximum Gasteiger partial charge on any atom is 0.407 e. The van der Waals surface area contributed by atoms with Gasteiger partial charge in [-0.2, -0.15) is 0 Å². The van der Waals surface area contributed by atoms with Gasteiger partial charge in [0, 0.05) is 18.7 Å². The van der Waals surface area contributed by atoms with Gasteiger partial charge in [-0.25, -0.2) is 9.78 Å². The van der Waals surface area contributed by atoms with Crippen LogP contribution in [0.25, 0.3) is 0 Å². The molecular weight excluding hydrogens is 356 g/mol. The highest BCUT2D eigenvalue weighted by molar-refractivity contribution is 6.05. The summed E-state index contributed by atoms with van der Waals surface area (Å²) < 4.78 is 5.51. The molecule has 1 amide bonds. The van der Waals surface area contributed by atoms with Gasteiger partial charge in [-0.1, -0.05) is 6.07 Å². The molecule has 2 aliphatic rings. The zero-order valence-corrected chi connectivity index (χ0v) is 16.7. The lowest BCUT2D eigenvalue weighted by molar-refractivity contribution is -0.116. The van der Waals surface area contributed by atoms with Crippen molar-refractivity contribution in [1.29, 1.82) is 0 Å². The summed E-state index contributed by atoms with van der Waals surface area (Å²) in [5.74, 6) is 2.02. The SMILES string of the molecule is CC(=O)Cc1ccc(NC2=NCC([C@H]3CC[C@@H](OC(=O)NC(C)C)C3)=C2)nc1. The molecule has 1 aliphatic heterocycles. The van der Waals surface area contributed by atoms with Gasteiger partial charge < -0.3 is 15.4 Å². The lowest BCUT2D eigenvalue weighted by atomic mass is 9.98. The summed E-state index contributed by atoms with van der Waals surface area (Å²) in [6.45, 7) is 6.07. The number of pyridine rings is 1. The lowest BCUT2D eigenvalue weighted by Crippen LogP contribution is -2.33. The minimum atomic E-state index is -0.334. The number of ketones is 1. The second-order valence-corrected chi connectivity index (χ2v) is 7.81. The molecule has 0 aromatic carbocycles. The van der Waals surface area contributed by atoms with Gasteiger partial charge in [0.1, 0.15) is 23.5 Å². The van der Waals surface area contributed by atoms with Crippen LogP contribution in [0.15, 0.2) is 35.0 Å². The largest absolute Gasteiger partial charge is 0.446 e. The van der Waals surface area contributed by atoms with Gasteiger partial charge in [-0.15, -0.1) is 0 Å². The lowest BCUT2D eigenvalue weighted by Gasteiger charge is -2.15. The summed E-state index contributed by atoms with van der Waals surface area (Å²) >= 11 is 0. The van der Waals surface area contributed by atoms with E-state index in [-0.39, 0.29) is 24.0 Å². The molecule has 2 N–H and O–H groups in total. The van der Waals surface area contributed by atoms with Crippen molar-refractivity contribution in [2.24, 2.45) is 10.9 Å². The van der Waals surface area contributed by atoms with E-state index in [1.54, 1.807) is 13.1 Å². The van der Waals surface area contributed by atoms with Crippen molar-refractivity contribution >= 4 is 23.5 Å². The standard InChI is InChI=1S/C21H28N4O3/c1-13(2)24-21(27)28-18-6-5-16(9-18)17-10-20(23-12-17)25-19-7-4-15(11-22-19)8-14(3)26/h4,7,10-11,13,16,18H,5-6,8-9,12H2,1-3H3,(H,24,27)(H,22,23,25)/t16-,18+/m0/s1. The number of nitrogens with one attached hydrogen (secondary N) is 2. The van der Waals surface area contributed by atoms with E-state index in [4.69, 9.17) is 4.74 Å². The highest BCUT2D eigenvalue weighted by atomic mass is 16.6. The minimum Gasteiger partial charge on any atom is -0.446 e. The number of alkyl carbamates (subject to hydrolysis) is 1. The van der Waals surface area contributed by atoms with E-state index in [0.29, 0.717) is 24.7 Å². The number of hydrogen-bond donors (Lipinski definition) is 2. The van der Waals surface area contributed by atoms with Crippen molar-refractivity contribution in [2.45, 2.75) is 58.6 Å². The fourth-order valence-corrected chi connectivity index (χ4v) is 3.59. The van der Waals surface area contributed by atoms with E-state index in [0.717, 1.165) is 30.7 Å². The predicted octanol–water partition coefficient (Wildman–Crippen LogP) is 3.27. The average molecular weight is 384 g/mol. The Balaban J connectivity index is 1.50. The van der Waals surface area contributed by atoms with E-state index < -0.39 is 0 Å². The van der Waals surface area contributed by atoms with Gasteiger partial charge >= 0.3 is 6.09 Å². The van der Waals surface area contributed by atoms with E-state index >= 15 is 0 Å². The third-order valence-corrected chi connectivity index (χ3v) is 4.88. The maximum absolute atomic E-state index is 11.8. The molecule has 1 aromatic heterocycles. The fourth-order valence-electron chi connectivity index (χ4n) is 3.59. The highest BCUT2D eigenvalue weighted by Gasteiger charge is 2.31. The van der Waals surface area contributed by atoms with Crippen LogP contribution < -0.4 is 10.6 Å². The van der Waals surface area contributed by atoms with Crippen molar-refractivity contribution in [2.75, 3.05) is 11.9 Å². The van der Waals surface area contributed by atoms with Crippen molar-refractivity contribution in [1.82, 2.24) is 10.3 Å². The highest BCUT2D eigenvalue weighted by Crippen LogP contribution is 2.34. The van der Waals surface area contributed by atoms with Gasteiger partial charge in [0.2, 0.25) is 0 Å². The number of hydrogen-bond acceptors (Lipinski definition) is 6. The fraction of sp³-hybridized carbons (Fsp3) is 0.524. The number of nitrogens with zero attached hydrogens (tertiary/aromatic N) is 2. The van der Waals surface area contributed by atoms with Crippen LogP contribution in [0.2, 0.25) is 0 Å². The molecule has 28 heavy (non-hydrogen) atoms. The normalized spacial score (nSPS) is 21.3. The smallest absolute Gasteiger partial charge is 0.407 e. The first-order chi connectivity index (χ1) is 13.4. The van der Waals surface area contributed by atoms with Crippen LogP contribution >= 0.6 is 0 Å². The van der Waals surface area contributed by atoms with Gasteiger partial charge in [0.25, 0.3) is 0 Å². The zero-order chi connectivity index (χ0) is 20.1. The number of aliphatic imine (C=N–C) groups is 1. The Labute approximate surface area is 165 Å². The van der Waals surface area contributed by atoms with Gasteiger partial charge in [-0.05, 0) is 69.2 Å². The molecule has 0 bridgehead atoms. The summed E-state index contributed by atoms with van der Waals surface area (Å²) in [4.78, 5) is 31.8. The molecule has 1 aromatic rings.